The molecule has 0 saturated carbocycles. The van der Waals surface area contributed by atoms with Crippen molar-refractivity contribution in [1.82, 2.24) is 4.98 Å². The van der Waals surface area contributed by atoms with E-state index in [1.807, 2.05) is 13.8 Å². The molecule has 0 aromatic carbocycles. The van der Waals surface area contributed by atoms with Crippen LogP contribution in [-0.4, -0.2) is 28.2 Å². The summed E-state index contributed by atoms with van der Waals surface area (Å²) in [7, 11) is 0. The van der Waals surface area contributed by atoms with Crippen LogP contribution in [0.25, 0.3) is 0 Å². The van der Waals surface area contributed by atoms with Gasteiger partial charge in [-0.25, -0.2) is 5.84 Å². The highest BCUT2D eigenvalue weighted by Gasteiger charge is 2.26. The van der Waals surface area contributed by atoms with Crippen LogP contribution in [-0.2, 0) is 4.74 Å². The lowest BCUT2D eigenvalue weighted by Crippen LogP contribution is -2.35. The summed E-state index contributed by atoms with van der Waals surface area (Å²) in [6.45, 7) is 3.94. The molecule has 3 N–H and O–H groups in total. The summed E-state index contributed by atoms with van der Waals surface area (Å²) in [5.41, 5.74) is 2.18. The molecular formula is C12H18N4O4. The molecule has 0 amide bonds. The number of hydrazine groups is 1. The Hall–Kier alpha value is -1.93. The molecule has 1 saturated heterocycles. The highest BCUT2D eigenvalue weighted by molar-refractivity contribution is 5.47. The van der Waals surface area contributed by atoms with Gasteiger partial charge in [-0.1, -0.05) is 0 Å². The van der Waals surface area contributed by atoms with Gasteiger partial charge in [0.2, 0.25) is 5.88 Å². The Morgan fingerprint density at radius 1 is 1.45 bits per heavy atom. The van der Waals surface area contributed by atoms with Gasteiger partial charge in [-0.15, -0.1) is 0 Å². The van der Waals surface area contributed by atoms with Crippen LogP contribution in [0.5, 0.6) is 5.88 Å². The topological polar surface area (TPSA) is 113 Å². The minimum Gasteiger partial charge on any atom is -0.474 e. The summed E-state index contributed by atoms with van der Waals surface area (Å²) in [5.74, 6) is 5.64. The molecule has 1 aliphatic rings. The van der Waals surface area contributed by atoms with E-state index >= 15 is 0 Å². The predicted octanol–water partition coefficient (Wildman–Crippen LogP) is 1.61. The van der Waals surface area contributed by atoms with Crippen molar-refractivity contribution < 1.29 is 14.4 Å². The number of aromatic nitrogens is 1. The summed E-state index contributed by atoms with van der Waals surface area (Å²) in [6.07, 6.45) is 1.55. The Bertz CT molecular complexity index is 486. The van der Waals surface area contributed by atoms with Crippen molar-refractivity contribution in [2.24, 2.45) is 5.84 Å². The Kier molecular flexibility index (Phi) is 4.35. The number of rotatable bonds is 4. The van der Waals surface area contributed by atoms with E-state index in [4.69, 9.17) is 15.3 Å². The Morgan fingerprint density at radius 2 is 2.10 bits per heavy atom. The van der Waals surface area contributed by atoms with Crippen molar-refractivity contribution in [1.29, 1.82) is 0 Å². The van der Waals surface area contributed by atoms with Crippen molar-refractivity contribution >= 4 is 11.5 Å². The number of nitrogens with zero attached hydrogens (tertiary/aromatic N) is 2. The second kappa shape index (κ2) is 6.02. The van der Waals surface area contributed by atoms with Gasteiger partial charge in [0, 0.05) is 12.8 Å². The maximum atomic E-state index is 10.9. The molecule has 2 atom stereocenters. The molecule has 1 aliphatic heterocycles. The van der Waals surface area contributed by atoms with Crippen molar-refractivity contribution in [3.63, 3.8) is 0 Å². The third-order valence-electron chi connectivity index (χ3n) is 3.09. The van der Waals surface area contributed by atoms with Gasteiger partial charge >= 0.3 is 0 Å². The number of nitrogens with one attached hydrogen (secondary N) is 1. The first-order chi connectivity index (χ1) is 9.47. The van der Waals surface area contributed by atoms with Crippen molar-refractivity contribution in [2.75, 3.05) is 5.43 Å². The first-order valence-electron chi connectivity index (χ1n) is 6.43. The van der Waals surface area contributed by atoms with Crippen LogP contribution in [0.1, 0.15) is 26.7 Å². The van der Waals surface area contributed by atoms with Crippen LogP contribution in [0.4, 0.5) is 11.5 Å². The number of pyridine rings is 1. The van der Waals surface area contributed by atoms with Crippen molar-refractivity contribution in [3.8, 4) is 5.88 Å². The van der Waals surface area contributed by atoms with E-state index in [0.29, 0.717) is 0 Å². The van der Waals surface area contributed by atoms with Gasteiger partial charge in [0.1, 0.15) is 6.10 Å². The summed E-state index contributed by atoms with van der Waals surface area (Å²) in [5, 5.41) is 10.9. The number of nitrogen functional groups attached to an aromatic ring is 1. The van der Waals surface area contributed by atoms with Crippen LogP contribution in [0.15, 0.2) is 12.1 Å². The lowest BCUT2D eigenvalue weighted by molar-refractivity contribution is -0.384. The molecule has 0 bridgehead atoms. The smallest absolute Gasteiger partial charge is 0.278 e. The number of hydrogen-bond acceptors (Lipinski definition) is 7. The molecule has 2 rings (SSSR count). The average Bonchev–Trinajstić information content (AvgIpc) is 2.36. The predicted molar refractivity (Wildman–Crippen MR) is 72.4 cm³/mol. The Morgan fingerprint density at radius 3 is 2.65 bits per heavy atom. The number of anilines is 1. The quantitative estimate of drug-likeness (QED) is 0.490. The lowest BCUT2D eigenvalue weighted by atomic mass is 10.0. The second-order valence-corrected chi connectivity index (χ2v) is 4.92. The molecule has 1 aromatic rings. The summed E-state index contributed by atoms with van der Waals surface area (Å²) in [4.78, 5) is 14.4. The van der Waals surface area contributed by atoms with Gasteiger partial charge in [-0.05, 0) is 13.8 Å². The van der Waals surface area contributed by atoms with E-state index in [-0.39, 0.29) is 35.7 Å². The highest BCUT2D eigenvalue weighted by atomic mass is 16.6. The molecule has 8 nitrogen and oxygen atoms in total. The van der Waals surface area contributed by atoms with Gasteiger partial charge in [-0.2, -0.15) is 4.98 Å². The largest absolute Gasteiger partial charge is 0.474 e. The fraction of sp³-hybridized carbons (Fsp3) is 0.583. The SMILES string of the molecule is CC1CC(Oc2cc([N+](=O)[O-])cc(NN)n2)CC(C)O1. The molecule has 2 heterocycles. The fourth-order valence-corrected chi connectivity index (χ4v) is 2.34. The third-order valence-corrected chi connectivity index (χ3v) is 3.09. The van der Waals surface area contributed by atoms with Crippen LogP contribution >= 0.6 is 0 Å². The number of nitro groups is 1. The summed E-state index contributed by atoms with van der Waals surface area (Å²) in [6, 6.07) is 2.55. The molecule has 0 radical (unpaired) electrons. The first-order valence-corrected chi connectivity index (χ1v) is 6.43. The standard InChI is InChI=1S/C12H18N4O4/c1-7-3-10(4-8(2)19-7)20-12-6-9(16(17)18)5-11(14-12)15-13/h5-8,10H,3-4,13H2,1-2H3,(H,14,15). The van der Waals surface area contributed by atoms with Gasteiger partial charge in [0.15, 0.2) is 5.82 Å². The van der Waals surface area contributed by atoms with E-state index in [9.17, 15) is 10.1 Å². The molecule has 2 unspecified atom stereocenters. The van der Waals surface area contributed by atoms with Crippen molar-refractivity contribution in [2.45, 2.75) is 45.0 Å². The van der Waals surface area contributed by atoms with Crippen molar-refractivity contribution in [3.05, 3.63) is 22.2 Å². The number of nitrogens with two attached hydrogens (primary N) is 1. The minimum absolute atomic E-state index is 0.0751. The summed E-state index contributed by atoms with van der Waals surface area (Å²) < 4.78 is 11.4. The fourth-order valence-electron chi connectivity index (χ4n) is 2.34. The first kappa shape index (κ1) is 14.5. The van der Waals surface area contributed by atoms with E-state index in [1.165, 1.54) is 12.1 Å². The van der Waals surface area contributed by atoms with Gasteiger partial charge < -0.3 is 14.9 Å². The molecule has 1 fully saturated rings. The van der Waals surface area contributed by atoms with Crippen LogP contribution in [0.3, 0.4) is 0 Å². The zero-order valence-corrected chi connectivity index (χ0v) is 11.4. The third kappa shape index (κ3) is 3.55. The van der Waals surface area contributed by atoms with E-state index in [0.717, 1.165) is 12.8 Å². The maximum Gasteiger partial charge on any atom is 0.278 e. The lowest BCUT2D eigenvalue weighted by Gasteiger charge is -2.31. The molecule has 8 heteroatoms. The van der Waals surface area contributed by atoms with E-state index < -0.39 is 4.92 Å². The average molecular weight is 282 g/mol. The minimum atomic E-state index is -0.509. The Labute approximate surface area is 116 Å². The van der Waals surface area contributed by atoms with E-state index in [1.54, 1.807) is 0 Å². The molecule has 0 aliphatic carbocycles. The zero-order chi connectivity index (χ0) is 14.7. The molecular weight excluding hydrogens is 264 g/mol. The van der Waals surface area contributed by atoms with Gasteiger partial charge in [0.05, 0.1) is 29.3 Å². The summed E-state index contributed by atoms with van der Waals surface area (Å²) >= 11 is 0. The van der Waals surface area contributed by atoms with Gasteiger partial charge in [-0.3, -0.25) is 10.1 Å². The normalized spacial score (nSPS) is 26.1. The van der Waals surface area contributed by atoms with Crippen LogP contribution < -0.4 is 16.0 Å². The Balaban J connectivity index is 2.15. The molecule has 0 spiro atoms. The molecule has 1 aromatic heterocycles. The zero-order valence-electron chi connectivity index (χ0n) is 11.4. The molecule has 20 heavy (non-hydrogen) atoms. The maximum absolute atomic E-state index is 10.9. The highest BCUT2D eigenvalue weighted by Crippen LogP contribution is 2.26. The van der Waals surface area contributed by atoms with Gasteiger partial charge in [0.25, 0.3) is 5.69 Å². The monoisotopic (exact) mass is 282 g/mol. The second-order valence-electron chi connectivity index (χ2n) is 4.92. The van der Waals surface area contributed by atoms with Crippen LogP contribution in [0.2, 0.25) is 0 Å². The van der Waals surface area contributed by atoms with Crippen LogP contribution in [0, 0.1) is 10.1 Å². The molecule has 110 valence electrons. The van der Waals surface area contributed by atoms with E-state index in [2.05, 4.69) is 10.4 Å². The number of hydrogen-bond donors (Lipinski definition) is 2. The number of ether oxygens (including phenoxy) is 2.